The zero-order valence-corrected chi connectivity index (χ0v) is 13.0. The summed E-state index contributed by atoms with van der Waals surface area (Å²) in [6.45, 7) is 11.4. The fourth-order valence-electron chi connectivity index (χ4n) is 3.49. The first-order valence-corrected chi connectivity index (χ1v) is 7.85. The Labute approximate surface area is 118 Å². The standard InChI is InChI=1S/C18H29N/c1-13(2)11-19-12-16-6-5-7-18(16)17-9-8-14(3)10-15(17)4/h8-10,13,16,18-19H,5-7,11-12H2,1-4H3. The van der Waals surface area contributed by atoms with Crippen LogP contribution < -0.4 is 5.32 Å². The van der Waals surface area contributed by atoms with Gasteiger partial charge in [0.2, 0.25) is 0 Å². The van der Waals surface area contributed by atoms with Crippen LogP contribution in [0.4, 0.5) is 0 Å². The van der Waals surface area contributed by atoms with Crippen molar-refractivity contribution in [3.05, 3.63) is 34.9 Å². The maximum absolute atomic E-state index is 3.66. The summed E-state index contributed by atoms with van der Waals surface area (Å²) in [5, 5.41) is 3.66. The molecule has 106 valence electrons. The second kappa shape index (κ2) is 6.56. The lowest BCUT2D eigenvalue weighted by atomic mass is 9.85. The summed E-state index contributed by atoms with van der Waals surface area (Å²) in [4.78, 5) is 0. The van der Waals surface area contributed by atoms with E-state index < -0.39 is 0 Å². The molecule has 0 saturated heterocycles. The smallest absolute Gasteiger partial charge is 0.00146 e. The summed E-state index contributed by atoms with van der Waals surface area (Å²) in [7, 11) is 0. The van der Waals surface area contributed by atoms with E-state index in [1.165, 1.54) is 36.9 Å². The summed E-state index contributed by atoms with van der Waals surface area (Å²) >= 11 is 0. The van der Waals surface area contributed by atoms with Gasteiger partial charge >= 0.3 is 0 Å². The third kappa shape index (κ3) is 3.82. The molecule has 1 aromatic rings. The summed E-state index contributed by atoms with van der Waals surface area (Å²) in [5.41, 5.74) is 4.47. The molecule has 19 heavy (non-hydrogen) atoms. The molecule has 1 aliphatic rings. The van der Waals surface area contributed by atoms with Crippen LogP contribution in [0, 0.1) is 25.7 Å². The number of hydrogen-bond donors (Lipinski definition) is 1. The molecule has 0 amide bonds. The van der Waals surface area contributed by atoms with Crippen LogP contribution >= 0.6 is 0 Å². The molecule has 1 N–H and O–H groups in total. The van der Waals surface area contributed by atoms with Crippen LogP contribution in [0.5, 0.6) is 0 Å². The Bertz CT molecular complexity index is 408. The Morgan fingerprint density at radius 1 is 1.21 bits per heavy atom. The first-order chi connectivity index (χ1) is 9.08. The minimum Gasteiger partial charge on any atom is -0.316 e. The molecule has 1 nitrogen and oxygen atoms in total. The van der Waals surface area contributed by atoms with E-state index in [1.807, 2.05) is 0 Å². The van der Waals surface area contributed by atoms with Crippen molar-refractivity contribution in [1.29, 1.82) is 0 Å². The van der Waals surface area contributed by atoms with E-state index in [4.69, 9.17) is 0 Å². The van der Waals surface area contributed by atoms with Gasteiger partial charge in [0.05, 0.1) is 0 Å². The summed E-state index contributed by atoms with van der Waals surface area (Å²) in [6, 6.07) is 6.99. The highest BCUT2D eigenvalue weighted by molar-refractivity contribution is 5.34. The molecule has 2 unspecified atom stereocenters. The predicted molar refractivity (Wildman–Crippen MR) is 83.7 cm³/mol. The Kier molecular flexibility index (Phi) is 5.04. The van der Waals surface area contributed by atoms with Gasteiger partial charge in [-0.15, -0.1) is 0 Å². The Hall–Kier alpha value is -0.820. The van der Waals surface area contributed by atoms with Crippen LogP contribution in [-0.2, 0) is 0 Å². The molecule has 1 saturated carbocycles. The maximum Gasteiger partial charge on any atom is -0.00146 e. The van der Waals surface area contributed by atoms with Crippen molar-refractivity contribution in [2.45, 2.75) is 52.9 Å². The number of aryl methyl sites for hydroxylation is 2. The van der Waals surface area contributed by atoms with Crippen LogP contribution in [-0.4, -0.2) is 13.1 Å². The number of hydrogen-bond acceptors (Lipinski definition) is 1. The van der Waals surface area contributed by atoms with Crippen molar-refractivity contribution in [3.8, 4) is 0 Å². The molecule has 2 atom stereocenters. The minimum absolute atomic E-state index is 0.751. The van der Waals surface area contributed by atoms with Gasteiger partial charge in [-0.2, -0.15) is 0 Å². The van der Waals surface area contributed by atoms with Crippen LogP contribution in [0.15, 0.2) is 18.2 Å². The zero-order chi connectivity index (χ0) is 13.8. The van der Waals surface area contributed by atoms with Crippen molar-refractivity contribution in [2.75, 3.05) is 13.1 Å². The quantitative estimate of drug-likeness (QED) is 0.824. The van der Waals surface area contributed by atoms with E-state index in [0.717, 1.165) is 24.3 Å². The molecule has 0 aromatic heterocycles. The molecular weight excluding hydrogens is 230 g/mol. The van der Waals surface area contributed by atoms with Gasteiger partial charge in [0.25, 0.3) is 0 Å². The lowest BCUT2D eigenvalue weighted by molar-refractivity contribution is 0.424. The monoisotopic (exact) mass is 259 g/mol. The Morgan fingerprint density at radius 3 is 2.68 bits per heavy atom. The molecule has 1 fully saturated rings. The van der Waals surface area contributed by atoms with E-state index in [2.05, 4.69) is 51.2 Å². The molecule has 0 bridgehead atoms. The maximum atomic E-state index is 3.66. The molecular formula is C18H29N. The third-order valence-electron chi connectivity index (χ3n) is 4.44. The second-order valence-corrected chi connectivity index (χ2v) is 6.71. The lowest BCUT2D eigenvalue weighted by Crippen LogP contribution is -2.27. The van der Waals surface area contributed by atoms with Gasteiger partial charge in [0, 0.05) is 0 Å². The first kappa shape index (κ1) is 14.6. The molecule has 0 heterocycles. The number of benzene rings is 1. The van der Waals surface area contributed by atoms with Gasteiger partial charge in [-0.25, -0.2) is 0 Å². The van der Waals surface area contributed by atoms with Crippen molar-refractivity contribution in [2.24, 2.45) is 11.8 Å². The zero-order valence-electron chi connectivity index (χ0n) is 13.0. The number of rotatable bonds is 5. The number of nitrogens with one attached hydrogen (secondary N) is 1. The topological polar surface area (TPSA) is 12.0 Å². The molecule has 1 aromatic carbocycles. The highest BCUT2D eigenvalue weighted by Crippen LogP contribution is 2.40. The average Bonchev–Trinajstić information content (AvgIpc) is 2.77. The van der Waals surface area contributed by atoms with Gasteiger partial charge in [-0.3, -0.25) is 0 Å². The molecule has 0 spiro atoms. The van der Waals surface area contributed by atoms with Gasteiger partial charge in [0.15, 0.2) is 0 Å². The fourth-order valence-corrected chi connectivity index (χ4v) is 3.49. The van der Waals surface area contributed by atoms with Gasteiger partial charge in [-0.05, 0) is 68.7 Å². The average molecular weight is 259 g/mol. The predicted octanol–water partition coefficient (Wildman–Crippen LogP) is 4.43. The van der Waals surface area contributed by atoms with Crippen LogP contribution in [0.3, 0.4) is 0 Å². The summed E-state index contributed by atoms with van der Waals surface area (Å²) < 4.78 is 0. The van der Waals surface area contributed by atoms with Gasteiger partial charge in [-0.1, -0.05) is 44.0 Å². The minimum atomic E-state index is 0.751. The highest BCUT2D eigenvalue weighted by Gasteiger charge is 2.29. The van der Waals surface area contributed by atoms with Crippen molar-refractivity contribution in [1.82, 2.24) is 5.32 Å². The van der Waals surface area contributed by atoms with E-state index in [0.29, 0.717) is 0 Å². The second-order valence-electron chi connectivity index (χ2n) is 6.71. The molecule has 1 aliphatic carbocycles. The van der Waals surface area contributed by atoms with Crippen LogP contribution in [0.2, 0.25) is 0 Å². The lowest BCUT2D eigenvalue weighted by Gasteiger charge is -2.23. The molecule has 1 heteroatoms. The van der Waals surface area contributed by atoms with E-state index in [9.17, 15) is 0 Å². The van der Waals surface area contributed by atoms with E-state index in [-0.39, 0.29) is 0 Å². The summed E-state index contributed by atoms with van der Waals surface area (Å²) in [6.07, 6.45) is 4.16. The van der Waals surface area contributed by atoms with Gasteiger partial charge in [0.1, 0.15) is 0 Å². The molecule has 0 radical (unpaired) electrons. The Balaban J connectivity index is 2.01. The van der Waals surface area contributed by atoms with Crippen molar-refractivity contribution < 1.29 is 0 Å². The van der Waals surface area contributed by atoms with Crippen LogP contribution in [0.25, 0.3) is 0 Å². The third-order valence-corrected chi connectivity index (χ3v) is 4.44. The van der Waals surface area contributed by atoms with E-state index >= 15 is 0 Å². The summed E-state index contributed by atoms with van der Waals surface area (Å²) in [5.74, 6) is 2.36. The van der Waals surface area contributed by atoms with Crippen molar-refractivity contribution in [3.63, 3.8) is 0 Å². The van der Waals surface area contributed by atoms with Crippen LogP contribution in [0.1, 0.15) is 55.7 Å². The molecule has 2 rings (SSSR count). The fraction of sp³-hybridized carbons (Fsp3) is 0.667. The molecule has 0 aliphatic heterocycles. The SMILES string of the molecule is Cc1ccc(C2CCCC2CNCC(C)C)c(C)c1. The largest absolute Gasteiger partial charge is 0.316 e. The first-order valence-electron chi connectivity index (χ1n) is 7.85. The Morgan fingerprint density at radius 2 is 2.00 bits per heavy atom. The normalized spacial score (nSPS) is 23.2. The van der Waals surface area contributed by atoms with Gasteiger partial charge < -0.3 is 5.32 Å². The highest BCUT2D eigenvalue weighted by atomic mass is 14.9. The van der Waals surface area contributed by atoms with Crippen molar-refractivity contribution >= 4 is 0 Å². The van der Waals surface area contributed by atoms with E-state index in [1.54, 1.807) is 5.56 Å².